The number of oxime groups is 1. The molecule has 92 valence electrons. The minimum absolute atomic E-state index is 0.510. The van der Waals surface area contributed by atoms with E-state index in [9.17, 15) is 0 Å². The normalized spacial score (nSPS) is 20.5. The molecule has 1 saturated heterocycles. The van der Waals surface area contributed by atoms with Gasteiger partial charge in [0.2, 0.25) is 0 Å². The average molecular weight is 235 g/mol. The molecule has 1 unspecified atom stereocenters. The van der Waals surface area contributed by atoms with E-state index in [1.54, 1.807) is 6.92 Å². The molecule has 0 saturated carbocycles. The first-order chi connectivity index (χ1) is 8.29. The number of benzene rings is 1. The first-order valence-corrected chi connectivity index (χ1v) is 5.79. The summed E-state index contributed by atoms with van der Waals surface area (Å²) in [4.78, 5) is 0. The monoisotopic (exact) mass is 235 g/mol. The Kier molecular flexibility index (Phi) is 3.98. The van der Waals surface area contributed by atoms with Crippen LogP contribution >= 0.6 is 0 Å². The Morgan fingerprint density at radius 3 is 2.82 bits per heavy atom. The predicted octanol–water partition coefficient (Wildman–Crippen LogP) is 2.30. The largest absolute Gasteiger partial charge is 0.493 e. The first-order valence-electron chi connectivity index (χ1n) is 5.79. The van der Waals surface area contributed by atoms with Gasteiger partial charge in [-0.25, -0.2) is 0 Å². The minimum Gasteiger partial charge on any atom is -0.493 e. The summed E-state index contributed by atoms with van der Waals surface area (Å²) in [5.41, 5.74) is 1.49. The summed E-state index contributed by atoms with van der Waals surface area (Å²) in [7, 11) is 0. The molecule has 1 atom stereocenters. The van der Waals surface area contributed by atoms with Gasteiger partial charge in [0, 0.05) is 12.5 Å². The van der Waals surface area contributed by atoms with Gasteiger partial charge < -0.3 is 14.7 Å². The lowest BCUT2D eigenvalue weighted by Gasteiger charge is -2.10. The highest BCUT2D eigenvalue weighted by molar-refractivity contribution is 5.98. The summed E-state index contributed by atoms with van der Waals surface area (Å²) in [6.45, 7) is 4.10. The van der Waals surface area contributed by atoms with Crippen LogP contribution in [0.25, 0.3) is 0 Å². The molecule has 1 aliphatic heterocycles. The molecular formula is C13H17NO3. The molecule has 4 heteroatoms. The Morgan fingerprint density at radius 2 is 2.24 bits per heavy atom. The van der Waals surface area contributed by atoms with Crippen LogP contribution in [0.3, 0.4) is 0 Å². The Hall–Kier alpha value is -1.55. The Morgan fingerprint density at radius 1 is 1.47 bits per heavy atom. The number of hydrogen-bond acceptors (Lipinski definition) is 4. The van der Waals surface area contributed by atoms with Gasteiger partial charge in [0.1, 0.15) is 5.75 Å². The van der Waals surface area contributed by atoms with Gasteiger partial charge >= 0.3 is 0 Å². The zero-order valence-electron chi connectivity index (χ0n) is 9.93. The molecule has 0 spiro atoms. The van der Waals surface area contributed by atoms with Crippen LogP contribution in [-0.4, -0.2) is 30.7 Å². The topological polar surface area (TPSA) is 51.1 Å². The second kappa shape index (κ2) is 5.68. The van der Waals surface area contributed by atoms with Crippen LogP contribution in [0.1, 0.15) is 18.9 Å². The second-order valence-electron chi connectivity index (χ2n) is 4.25. The number of ether oxygens (including phenoxy) is 2. The zero-order valence-corrected chi connectivity index (χ0v) is 9.93. The fourth-order valence-corrected chi connectivity index (χ4v) is 1.78. The van der Waals surface area contributed by atoms with Crippen molar-refractivity contribution in [2.24, 2.45) is 11.1 Å². The van der Waals surface area contributed by atoms with Crippen LogP contribution in [0.15, 0.2) is 29.4 Å². The third-order valence-electron chi connectivity index (χ3n) is 2.93. The van der Waals surface area contributed by atoms with Gasteiger partial charge in [0.05, 0.1) is 18.9 Å². The molecule has 1 aliphatic rings. The molecule has 1 heterocycles. The molecule has 4 nitrogen and oxygen atoms in total. The molecule has 1 fully saturated rings. The number of rotatable bonds is 4. The highest BCUT2D eigenvalue weighted by Gasteiger charge is 2.16. The van der Waals surface area contributed by atoms with E-state index in [-0.39, 0.29) is 0 Å². The predicted molar refractivity (Wildman–Crippen MR) is 64.9 cm³/mol. The number of nitrogens with zero attached hydrogens (tertiary/aromatic N) is 1. The lowest BCUT2D eigenvalue weighted by molar-refractivity contribution is 0.167. The molecule has 0 amide bonds. The Bertz CT molecular complexity index is 380. The highest BCUT2D eigenvalue weighted by atomic mass is 16.5. The van der Waals surface area contributed by atoms with Crippen LogP contribution in [0, 0.1) is 5.92 Å². The number of hydrogen-bond donors (Lipinski definition) is 1. The lowest BCUT2D eigenvalue weighted by Crippen LogP contribution is -2.11. The molecule has 1 aromatic rings. The highest BCUT2D eigenvalue weighted by Crippen LogP contribution is 2.17. The smallest absolute Gasteiger partial charge is 0.119 e. The maximum absolute atomic E-state index is 8.65. The fraction of sp³-hybridized carbons (Fsp3) is 0.462. The third kappa shape index (κ3) is 3.20. The maximum Gasteiger partial charge on any atom is 0.119 e. The molecule has 1 N–H and O–H groups in total. The van der Waals surface area contributed by atoms with Gasteiger partial charge in [-0.3, -0.25) is 0 Å². The van der Waals surface area contributed by atoms with E-state index >= 15 is 0 Å². The van der Waals surface area contributed by atoms with Gasteiger partial charge in [-0.1, -0.05) is 5.16 Å². The minimum atomic E-state index is 0.510. The molecule has 17 heavy (non-hydrogen) atoms. The summed E-state index contributed by atoms with van der Waals surface area (Å²) in [6, 6.07) is 7.55. The van der Waals surface area contributed by atoms with Gasteiger partial charge in [-0.2, -0.15) is 0 Å². The van der Waals surface area contributed by atoms with Crippen LogP contribution in [0.4, 0.5) is 0 Å². The van der Waals surface area contributed by atoms with E-state index < -0.39 is 0 Å². The van der Waals surface area contributed by atoms with Crippen LogP contribution in [-0.2, 0) is 4.74 Å². The van der Waals surface area contributed by atoms with Crippen molar-refractivity contribution in [1.29, 1.82) is 0 Å². The van der Waals surface area contributed by atoms with Crippen molar-refractivity contribution in [3.63, 3.8) is 0 Å². The quantitative estimate of drug-likeness (QED) is 0.495. The van der Waals surface area contributed by atoms with E-state index in [0.29, 0.717) is 18.2 Å². The van der Waals surface area contributed by atoms with Gasteiger partial charge in [-0.05, 0) is 43.2 Å². The van der Waals surface area contributed by atoms with Crippen LogP contribution in [0.5, 0.6) is 5.75 Å². The molecular weight excluding hydrogens is 218 g/mol. The van der Waals surface area contributed by atoms with E-state index in [4.69, 9.17) is 14.7 Å². The van der Waals surface area contributed by atoms with E-state index in [2.05, 4.69) is 5.16 Å². The SMILES string of the molecule is C/C(=N/O)c1ccc(OCC2CCOC2)cc1. The van der Waals surface area contributed by atoms with E-state index in [0.717, 1.165) is 30.9 Å². The van der Waals surface area contributed by atoms with Crippen LogP contribution in [0.2, 0.25) is 0 Å². The summed E-state index contributed by atoms with van der Waals surface area (Å²) >= 11 is 0. The molecule has 0 aliphatic carbocycles. The van der Waals surface area contributed by atoms with Gasteiger partial charge in [0.25, 0.3) is 0 Å². The van der Waals surface area contributed by atoms with E-state index in [1.165, 1.54) is 0 Å². The standard InChI is InChI=1S/C13H17NO3/c1-10(14-15)12-2-4-13(5-3-12)17-9-11-6-7-16-8-11/h2-5,11,15H,6-9H2,1H3/b14-10-. The lowest BCUT2D eigenvalue weighted by atomic mass is 10.1. The van der Waals surface area contributed by atoms with Crippen molar-refractivity contribution in [2.45, 2.75) is 13.3 Å². The maximum atomic E-state index is 8.65. The molecule has 0 aromatic heterocycles. The summed E-state index contributed by atoms with van der Waals surface area (Å²) in [6.07, 6.45) is 1.08. The average Bonchev–Trinajstić information content (AvgIpc) is 2.89. The van der Waals surface area contributed by atoms with Crippen molar-refractivity contribution in [3.05, 3.63) is 29.8 Å². The van der Waals surface area contributed by atoms with Crippen LogP contribution < -0.4 is 4.74 Å². The first kappa shape index (κ1) is 11.9. The molecule has 2 rings (SSSR count). The van der Waals surface area contributed by atoms with E-state index in [1.807, 2.05) is 24.3 Å². The van der Waals surface area contributed by atoms with Crippen molar-refractivity contribution < 1.29 is 14.7 Å². The summed E-state index contributed by atoms with van der Waals surface area (Å²) in [5.74, 6) is 1.35. The fourth-order valence-electron chi connectivity index (χ4n) is 1.78. The summed E-state index contributed by atoms with van der Waals surface area (Å²) in [5, 5.41) is 11.8. The summed E-state index contributed by atoms with van der Waals surface area (Å²) < 4.78 is 11.0. The molecule has 0 bridgehead atoms. The van der Waals surface area contributed by atoms with Gasteiger partial charge in [-0.15, -0.1) is 0 Å². The second-order valence-corrected chi connectivity index (χ2v) is 4.25. The zero-order chi connectivity index (χ0) is 12.1. The Balaban J connectivity index is 1.89. The molecule has 1 aromatic carbocycles. The molecule has 0 radical (unpaired) electrons. The van der Waals surface area contributed by atoms with Crippen molar-refractivity contribution in [2.75, 3.05) is 19.8 Å². The van der Waals surface area contributed by atoms with Crippen molar-refractivity contribution >= 4 is 5.71 Å². The van der Waals surface area contributed by atoms with Crippen molar-refractivity contribution in [1.82, 2.24) is 0 Å². The van der Waals surface area contributed by atoms with Crippen molar-refractivity contribution in [3.8, 4) is 5.75 Å². The third-order valence-corrected chi connectivity index (χ3v) is 2.93. The Labute approximate surface area is 101 Å². The van der Waals surface area contributed by atoms with Gasteiger partial charge in [0.15, 0.2) is 0 Å².